The Kier molecular flexibility index (Phi) is 7.52. The molecule has 7 heteroatoms. The zero-order valence-electron chi connectivity index (χ0n) is 25.3. The van der Waals surface area contributed by atoms with Crippen molar-refractivity contribution in [1.29, 1.82) is 0 Å². The van der Waals surface area contributed by atoms with Gasteiger partial charge in [0.2, 0.25) is 0 Å². The van der Waals surface area contributed by atoms with Gasteiger partial charge in [-0.3, -0.25) is 18.3 Å². The van der Waals surface area contributed by atoms with Gasteiger partial charge < -0.3 is 4.12 Å². The van der Waals surface area contributed by atoms with Gasteiger partial charge in [-0.15, -0.1) is 0 Å². The first-order chi connectivity index (χ1) is 16.9. The Labute approximate surface area is 230 Å². The van der Waals surface area contributed by atoms with Crippen LogP contribution in [0.4, 0.5) is 0 Å². The molecular weight excluding hydrogens is 489 g/mol. The van der Waals surface area contributed by atoms with Crippen molar-refractivity contribution in [3.8, 4) is 0 Å². The van der Waals surface area contributed by atoms with Crippen LogP contribution in [-0.2, 0) is 4.12 Å². The second-order valence-electron chi connectivity index (χ2n) is 14.7. The number of hydrogen-bond acceptors (Lipinski definition) is 5. The minimum Gasteiger partial charge on any atom is -0.413 e. The lowest BCUT2D eigenvalue weighted by Crippen LogP contribution is -2.85. The Morgan fingerprint density at radius 3 is 0.919 bits per heavy atom. The maximum atomic E-state index is 7.56. The topological polar surface area (TPSA) is 22.2 Å². The van der Waals surface area contributed by atoms with Crippen molar-refractivity contribution in [2.75, 3.05) is 0 Å². The molecule has 37 heavy (non-hydrogen) atoms. The molecule has 0 bridgehead atoms. The van der Waals surface area contributed by atoms with Gasteiger partial charge in [0.1, 0.15) is 0 Å². The highest BCUT2D eigenvalue weighted by Gasteiger charge is 2.64. The molecule has 2 aromatic rings. The van der Waals surface area contributed by atoms with Gasteiger partial charge in [-0.2, -0.15) is 0 Å². The van der Waals surface area contributed by atoms with Crippen molar-refractivity contribution in [2.45, 2.75) is 118 Å². The third-order valence-corrected chi connectivity index (χ3v) is 15.6. The van der Waals surface area contributed by atoms with E-state index in [9.17, 15) is 0 Å². The molecule has 0 radical (unpaired) electrons. The van der Waals surface area contributed by atoms with E-state index in [0.29, 0.717) is 0 Å². The van der Waals surface area contributed by atoms with Gasteiger partial charge in [-0.05, 0) is 94.2 Å². The Hall–Kier alpha value is -1.33. The van der Waals surface area contributed by atoms with E-state index in [1.54, 1.807) is 0 Å². The van der Waals surface area contributed by atoms with E-state index in [2.05, 4.69) is 162 Å². The van der Waals surface area contributed by atoms with Gasteiger partial charge in [-0.25, -0.2) is 0 Å². The molecule has 4 rings (SSSR count). The lowest BCUT2D eigenvalue weighted by atomic mass is 10.0. The Balaban J connectivity index is 1.76. The molecule has 0 atom stereocenters. The maximum Gasteiger partial charge on any atom is 0.335 e. The summed E-state index contributed by atoms with van der Waals surface area (Å²) >= 11 is 0. The number of rotatable bonds is 4. The molecule has 0 amide bonds. The predicted molar refractivity (Wildman–Crippen MR) is 160 cm³/mol. The maximum absolute atomic E-state index is 7.56. The minimum absolute atomic E-state index is 0.00918. The SMILES string of the molecule is CC(C)(C)N1C(c2ccccc2)N(C(C)(C)C)[SiH]1O[SiH]1N(C(C)(C)C)C(c2ccccc2)N1C(C)(C)C. The first-order valence-electron chi connectivity index (χ1n) is 13.8. The van der Waals surface area contributed by atoms with Crippen LogP contribution in [0.3, 0.4) is 0 Å². The lowest BCUT2D eigenvalue weighted by Gasteiger charge is -2.70. The van der Waals surface area contributed by atoms with Gasteiger partial charge >= 0.3 is 18.7 Å². The Morgan fingerprint density at radius 1 is 0.459 bits per heavy atom. The molecule has 0 aromatic heterocycles. The first-order valence-corrected chi connectivity index (χ1v) is 16.8. The van der Waals surface area contributed by atoms with Crippen LogP contribution >= 0.6 is 0 Å². The average Bonchev–Trinajstić information content (AvgIpc) is 2.69. The summed E-state index contributed by atoms with van der Waals surface area (Å²) in [5.74, 6) is 0. The van der Waals surface area contributed by atoms with Crippen LogP contribution in [0.25, 0.3) is 0 Å². The summed E-state index contributed by atoms with van der Waals surface area (Å²) in [5, 5.41) is 0. The Morgan fingerprint density at radius 2 is 0.703 bits per heavy atom. The summed E-state index contributed by atoms with van der Waals surface area (Å²) in [5.41, 5.74) is 2.75. The number of hydrogen-bond donors (Lipinski definition) is 0. The third kappa shape index (κ3) is 5.42. The highest BCUT2D eigenvalue weighted by atomic mass is 28.4. The summed E-state index contributed by atoms with van der Waals surface area (Å²) in [7, 11) is -3.86. The molecule has 204 valence electrons. The van der Waals surface area contributed by atoms with E-state index in [0.717, 1.165) is 0 Å². The molecule has 2 saturated heterocycles. The van der Waals surface area contributed by atoms with Crippen LogP contribution in [0.1, 0.15) is 107 Å². The van der Waals surface area contributed by atoms with Crippen LogP contribution in [0.15, 0.2) is 60.7 Å². The van der Waals surface area contributed by atoms with E-state index < -0.39 is 18.7 Å². The van der Waals surface area contributed by atoms with Crippen LogP contribution < -0.4 is 0 Å². The molecule has 0 unspecified atom stereocenters. The Bertz CT molecular complexity index is 924. The molecule has 2 aromatic carbocycles. The van der Waals surface area contributed by atoms with E-state index in [1.165, 1.54) is 11.1 Å². The van der Waals surface area contributed by atoms with Gasteiger partial charge in [0, 0.05) is 22.2 Å². The second kappa shape index (κ2) is 9.70. The average molecular weight is 539 g/mol. The summed E-state index contributed by atoms with van der Waals surface area (Å²) in [4.78, 5) is 0. The van der Waals surface area contributed by atoms with Crippen molar-refractivity contribution in [2.24, 2.45) is 0 Å². The fourth-order valence-corrected chi connectivity index (χ4v) is 13.9. The molecule has 2 aliphatic rings. The van der Waals surface area contributed by atoms with Crippen LogP contribution in [0.2, 0.25) is 0 Å². The van der Waals surface area contributed by atoms with Crippen LogP contribution in [0, 0.1) is 0 Å². The molecule has 0 N–H and O–H groups in total. The van der Waals surface area contributed by atoms with Gasteiger partial charge in [0.05, 0.1) is 12.3 Å². The molecule has 5 nitrogen and oxygen atoms in total. The molecule has 0 spiro atoms. The van der Waals surface area contributed by atoms with Crippen molar-refractivity contribution < 1.29 is 4.12 Å². The van der Waals surface area contributed by atoms with Crippen molar-refractivity contribution in [1.82, 2.24) is 18.3 Å². The quantitative estimate of drug-likeness (QED) is 0.427. The van der Waals surface area contributed by atoms with Gasteiger partial charge in [0.15, 0.2) is 0 Å². The lowest BCUT2D eigenvalue weighted by molar-refractivity contribution is -0.0890. The molecule has 2 fully saturated rings. The van der Waals surface area contributed by atoms with E-state index in [1.807, 2.05) is 0 Å². The number of nitrogens with zero attached hydrogens (tertiary/aromatic N) is 4. The van der Waals surface area contributed by atoms with Crippen molar-refractivity contribution in [3.05, 3.63) is 71.8 Å². The third-order valence-electron chi connectivity index (χ3n) is 7.54. The zero-order valence-corrected chi connectivity index (χ0v) is 27.6. The first kappa shape index (κ1) is 28.7. The van der Waals surface area contributed by atoms with E-state index >= 15 is 0 Å². The standard InChI is InChI=1S/C30H50N4OSi2/c1-27(2,3)31-25(23-19-15-13-16-20-23)32(28(4,5)6)36(31)35-37-33(29(7,8)9)26(34(37)30(10,11)12)24-21-17-14-18-22-24/h13-22,25-26,36-37H,1-12H3. The van der Waals surface area contributed by atoms with Crippen molar-refractivity contribution >= 4 is 18.7 Å². The second-order valence-corrected chi connectivity index (χ2v) is 19.3. The molecule has 0 aliphatic carbocycles. The summed E-state index contributed by atoms with van der Waals surface area (Å²) in [6, 6.07) is 22.0. The fraction of sp³-hybridized carbons (Fsp3) is 0.600. The molecule has 2 heterocycles. The highest BCUT2D eigenvalue weighted by molar-refractivity contribution is 6.63. The largest absolute Gasteiger partial charge is 0.413 e. The zero-order chi connectivity index (χ0) is 27.6. The summed E-state index contributed by atoms with van der Waals surface area (Å²) < 4.78 is 18.4. The normalized spacial score (nSPS) is 27.1. The highest BCUT2D eigenvalue weighted by Crippen LogP contribution is 2.51. The van der Waals surface area contributed by atoms with E-state index in [-0.39, 0.29) is 34.5 Å². The van der Waals surface area contributed by atoms with Crippen LogP contribution in [0.5, 0.6) is 0 Å². The van der Waals surface area contributed by atoms with Gasteiger partial charge in [0.25, 0.3) is 0 Å². The smallest absolute Gasteiger partial charge is 0.335 e. The van der Waals surface area contributed by atoms with E-state index in [4.69, 9.17) is 4.12 Å². The molecule has 0 saturated carbocycles. The molecular formula is C30H50N4OSi2. The predicted octanol–water partition coefficient (Wildman–Crippen LogP) is 6.26. The minimum atomic E-state index is -1.93. The fourth-order valence-electron chi connectivity index (χ4n) is 5.94. The monoisotopic (exact) mass is 538 g/mol. The number of benzene rings is 2. The van der Waals surface area contributed by atoms with Crippen LogP contribution in [-0.4, -0.2) is 59.1 Å². The molecule has 2 aliphatic heterocycles. The summed E-state index contributed by atoms with van der Waals surface area (Å²) in [6.07, 6.45) is 0.478. The van der Waals surface area contributed by atoms with Crippen molar-refractivity contribution in [3.63, 3.8) is 0 Å². The van der Waals surface area contributed by atoms with Gasteiger partial charge in [-0.1, -0.05) is 60.7 Å². The summed E-state index contributed by atoms with van der Waals surface area (Å²) in [6.45, 7) is 28.2.